The minimum Gasteiger partial charge on any atom is -0.408 e. The van der Waals surface area contributed by atoms with Crippen LogP contribution in [0.5, 0.6) is 0 Å². The molecule has 22 heavy (non-hydrogen) atoms. The van der Waals surface area contributed by atoms with Crippen LogP contribution in [-0.2, 0) is 13.5 Å². The van der Waals surface area contributed by atoms with Crippen LogP contribution >= 0.6 is 0 Å². The maximum atomic E-state index is 14.1. The second-order valence-electron chi connectivity index (χ2n) is 5.07. The maximum Gasteiger partial charge on any atom is 0.419 e. The summed E-state index contributed by atoms with van der Waals surface area (Å²) in [7, 11) is 1.63. The smallest absolute Gasteiger partial charge is 0.408 e. The summed E-state index contributed by atoms with van der Waals surface area (Å²) in [6.07, 6.45) is 0.692. The lowest BCUT2D eigenvalue weighted by Gasteiger charge is -2.06. The molecule has 0 N–H and O–H groups in total. The molecule has 0 saturated heterocycles. The van der Waals surface area contributed by atoms with E-state index in [4.69, 9.17) is 9.68 Å². The molecule has 1 heterocycles. The van der Waals surface area contributed by atoms with E-state index in [1.165, 1.54) is 10.6 Å². The Kier molecular flexibility index (Phi) is 3.51. The number of benzene rings is 2. The fourth-order valence-electron chi connectivity index (χ4n) is 2.43. The third-order valence-electron chi connectivity index (χ3n) is 3.68. The third kappa shape index (κ3) is 2.40. The molecular formula is C17H13FN2O2. The van der Waals surface area contributed by atoms with E-state index in [1.54, 1.807) is 31.3 Å². The van der Waals surface area contributed by atoms with Crippen molar-refractivity contribution in [2.24, 2.45) is 7.05 Å². The molecule has 2 aromatic carbocycles. The minimum absolute atomic E-state index is 0.291. The van der Waals surface area contributed by atoms with E-state index in [9.17, 15) is 9.18 Å². The molecule has 0 fully saturated rings. The molecule has 3 aromatic rings. The number of hydrogen-bond acceptors (Lipinski definition) is 3. The molecule has 0 bridgehead atoms. The van der Waals surface area contributed by atoms with Crippen LogP contribution in [0.4, 0.5) is 4.39 Å². The van der Waals surface area contributed by atoms with Gasteiger partial charge in [-0.2, -0.15) is 5.26 Å². The van der Waals surface area contributed by atoms with Crippen molar-refractivity contribution in [2.45, 2.75) is 12.8 Å². The van der Waals surface area contributed by atoms with Crippen molar-refractivity contribution in [3.8, 4) is 17.2 Å². The van der Waals surface area contributed by atoms with Crippen molar-refractivity contribution in [2.75, 3.05) is 0 Å². The molecule has 0 radical (unpaired) electrons. The van der Waals surface area contributed by atoms with E-state index in [0.29, 0.717) is 35.1 Å². The second kappa shape index (κ2) is 5.49. The molecular weight excluding hydrogens is 283 g/mol. The van der Waals surface area contributed by atoms with Gasteiger partial charge in [0.2, 0.25) is 0 Å². The first-order chi connectivity index (χ1) is 10.6. The van der Waals surface area contributed by atoms with Gasteiger partial charge in [-0.25, -0.2) is 9.18 Å². The van der Waals surface area contributed by atoms with Gasteiger partial charge in [-0.15, -0.1) is 0 Å². The number of aryl methyl sites for hydroxylation is 2. The Labute approximate surface area is 126 Å². The topological polar surface area (TPSA) is 58.9 Å². The van der Waals surface area contributed by atoms with E-state index in [0.717, 1.165) is 5.56 Å². The number of oxazole rings is 1. The van der Waals surface area contributed by atoms with Gasteiger partial charge in [0.05, 0.1) is 11.6 Å². The highest BCUT2D eigenvalue weighted by Crippen LogP contribution is 2.26. The normalized spacial score (nSPS) is 10.8. The van der Waals surface area contributed by atoms with Crippen molar-refractivity contribution in [1.29, 1.82) is 5.26 Å². The zero-order valence-electron chi connectivity index (χ0n) is 12.0. The summed E-state index contributed by atoms with van der Waals surface area (Å²) in [5.41, 5.74) is 3.21. The number of nitrogens with zero attached hydrogens (tertiary/aromatic N) is 2. The van der Waals surface area contributed by atoms with Crippen molar-refractivity contribution in [3.63, 3.8) is 0 Å². The Morgan fingerprint density at radius 1 is 1.23 bits per heavy atom. The summed E-state index contributed by atoms with van der Waals surface area (Å²) in [6.45, 7) is 0. The van der Waals surface area contributed by atoms with Crippen LogP contribution in [0, 0.1) is 17.1 Å². The quantitative estimate of drug-likeness (QED) is 0.744. The zero-order chi connectivity index (χ0) is 15.7. The van der Waals surface area contributed by atoms with E-state index in [-0.39, 0.29) is 5.82 Å². The summed E-state index contributed by atoms with van der Waals surface area (Å²) in [5, 5.41) is 8.57. The van der Waals surface area contributed by atoms with Gasteiger partial charge < -0.3 is 4.42 Å². The summed E-state index contributed by atoms with van der Waals surface area (Å²) in [6, 6.07) is 12.3. The lowest BCUT2D eigenvalue weighted by atomic mass is 10.0. The van der Waals surface area contributed by atoms with Crippen LogP contribution in [-0.4, -0.2) is 4.57 Å². The molecule has 4 nitrogen and oxygen atoms in total. The molecule has 0 spiro atoms. The van der Waals surface area contributed by atoms with Gasteiger partial charge in [-0.1, -0.05) is 18.2 Å². The van der Waals surface area contributed by atoms with Crippen molar-refractivity contribution < 1.29 is 8.81 Å². The lowest BCUT2D eigenvalue weighted by molar-refractivity contribution is 0.528. The van der Waals surface area contributed by atoms with Crippen LogP contribution in [0.3, 0.4) is 0 Å². The van der Waals surface area contributed by atoms with Crippen molar-refractivity contribution >= 4 is 11.1 Å². The van der Waals surface area contributed by atoms with Gasteiger partial charge in [0.1, 0.15) is 5.82 Å². The van der Waals surface area contributed by atoms with Crippen LogP contribution in [0.15, 0.2) is 45.6 Å². The van der Waals surface area contributed by atoms with Crippen molar-refractivity contribution in [3.05, 3.63) is 58.3 Å². The molecule has 0 aliphatic carbocycles. The van der Waals surface area contributed by atoms with Gasteiger partial charge in [0.15, 0.2) is 5.58 Å². The number of nitriles is 1. The Morgan fingerprint density at radius 2 is 1.95 bits per heavy atom. The highest BCUT2D eigenvalue weighted by molar-refractivity contribution is 5.80. The van der Waals surface area contributed by atoms with Crippen molar-refractivity contribution in [1.82, 2.24) is 4.57 Å². The van der Waals surface area contributed by atoms with Gasteiger partial charge in [0.25, 0.3) is 0 Å². The molecule has 0 amide bonds. The standard InChI is InChI=1S/C17H13FN2O2/c1-20-15-10-13(6-7-16(15)22-17(20)21)12-5-4-11(3-2-8-19)14(18)9-12/h4-7,9-10H,2-3H2,1H3. The van der Waals surface area contributed by atoms with E-state index in [1.807, 2.05) is 12.1 Å². The number of halogens is 1. The Balaban J connectivity index is 2.04. The maximum absolute atomic E-state index is 14.1. The Hall–Kier alpha value is -2.87. The average Bonchev–Trinajstić information content (AvgIpc) is 2.80. The third-order valence-corrected chi connectivity index (χ3v) is 3.68. The van der Waals surface area contributed by atoms with E-state index < -0.39 is 5.76 Å². The Bertz CT molecular complexity index is 947. The average molecular weight is 296 g/mol. The molecule has 0 unspecified atom stereocenters. The number of fused-ring (bicyclic) bond motifs is 1. The summed E-state index contributed by atoms with van der Waals surface area (Å²) >= 11 is 0. The number of aromatic nitrogens is 1. The van der Waals surface area contributed by atoms with Gasteiger partial charge in [0, 0.05) is 13.5 Å². The molecule has 0 atom stereocenters. The molecule has 1 aromatic heterocycles. The van der Waals surface area contributed by atoms with Crippen LogP contribution in [0.1, 0.15) is 12.0 Å². The fourth-order valence-corrected chi connectivity index (χ4v) is 2.43. The largest absolute Gasteiger partial charge is 0.419 e. The zero-order valence-corrected chi connectivity index (χ0v) is 12.0. The van der Waals surface area contributed by atoms with E-state index >= 15 is 0 Å². The van der Waals surface area contributed by atoms with Crippen LogP contribution < -0.4 is 5.76 Å². The highest BCUT2D eigenvalue weighted by Gasteiger charge is 2.09. The van der Waals surface area contributed by atoms with Gasteiger partial charge in [-0.3, -0.25) is 4.57 Å². The molecule has 0 saturated carbocycles. The fraction of sp³-hybridized carbons (Fsp3) is 0.176. The summed E-state index contributed by atoms with van der Waals surface area (Å²) < 4.78 is 20.6. The van der Waals surface area contributed by atoms with Crippen LogP contribution in [0.2, 0.25) is 0 Å². The first kappa shape index (κ1) is 14.1. The molecule has 0 aliphatic heterocycles. The molecule has 110 valence electrons. The Morgan fingerprint density at radius 3 is 2.68 bits per heavy atom. The highest BCUT2D eigenvalue weighted by atomic mass is 19.1. The number of hydrogen-bond donors (Lipinski definition) is 0. The van der Waals surface area contributed by atoms with E-state index in [2.05, 4.69) is 0 Å². The molecule has 0 aliphatic rings. The van der Waals surface area contributed by atoms with Gasteiger partial charge in [-0.05, 0) is 41.3 Å². The summed E-state index contributed by atoms with van der Waals surface area (Å²) in [4.78, 5) is 11.5. The second-order valence-corrected chi connectivity index (χ2v) is 5.07. The molecule has 5 heteroatoms. The lowest BCUT2D eigenvalue weighted by Crippen LogP contribution is -2.08. The minimum atomic E-state index is -0.426. The first-order valence-corrected chi connectivity index (χ1v) is 6.85. The molecule has 3 rings (SSSR count). The SMILES string of the molecule is Cn1c(=O)oc2ccc(-c3ccc(CCC#N)c(F)c3)cc21. The van der Waals surface area contributed by atoms with Crippen LogP contribution in [0.25, 0.3) is 22.2 Å². The predicted molar refractivity (Wildman–Crippen MR) is 80.8 cm³/mol. The van der Waals surface area contributed by atoms with Gasteiger partial charge >= 0.3 is 5.76 Å². The first-order valence-electron chi connectivity index (χ1n) is 6.85. The monoisotopic (exact) mass is 296 g/mol. The number of rotatable bonds is 3. The predicted octanol–water partition coefficient (Wildman–Crippen LogP) is 3.39. The summed E-state index contributed by atoms with van der Waals surface area (Å²) in [5.74, 6) is -0.751.